The van der Waals surface area contributed by atoms with Crippen LogP contribution >= 0.6 is 0 Å². The van der Waals surface area contributed by atoms with Gasteiger partial charge in [0.2, 0.25) is 17.7 Å². The van der Waals surface area contributed by atoms with Crippen molar-refractivity contribution in [1.82, 2.24) is 19.9 Å². The number of piperazine rings is 1. The molecule has 0 aliphatic carbocycles. The zero-order valence-electron chi connectivity index (χ0n) is 15.9. The SMILES string of the molecule is COCc1noc(CN2C(=O)CN(Cc3cccc(F)c3)C(=O)[C@@H]2C)n1.O=CO. The van der Waals surface area contributed by atoms with E-state index in [1.165, 1.54) is 29.0 Å². The van der Waals surface area contributed by atoms with Gasteiger partial charge in [0, 0.05) is 13.7 Å². The van der Waals surface area contributed by atoms with Crippen molar-refractivity contribution >= 4 is 18.3 Å². The smallest absolute Gasteiger partial charge is 0.290 e. The van der Waals surface area contributed by atoms with Gasteiger partial charge < -0.3 is 24.2 Å². The summed E-state index contributed by atoms with van der Waals surface area (Å²) in [7, 11) is 1.51. The Kier molecular flexibility index (Phi) is 7.78. The predicted octanol–water partition coefficient (Wildman–Crippen LogP) is 0.815. The Bertz CT molecular complexity index is 858. The second-order valence-electron chi connectivity index (χ2n) is 6.16. The molecule has 1 aromatic heterocycles. The van der Waals surface area contributed by atoms with Crippen molar-refractivity contribution in [3.05, 3.63) is 47.4 Å². The molecule has 0 bridgehead atoms. The number of ether oxygens (including phenoxy) is 1. The van der Waals surface area contributed by atoms with Crippen molar-refractivity contribution in [1.29, 1.82) is 0 Å². The highest BCUT2D eigenvalue weighted by Gasteiger charge is 2.37. The maximum Gasteiger partial charge on any atom is 0.290 e. The molecule has 1 aliphatic heterocycles. The Morgan fingerprint density at radius 1 is 1.38 bits per heavy atom. The lowest BCUT2D eigenvalue weighted by Crippen LogP contribution is -2.58. The number of rotatable bonds is 6. The van der Waals surface area contributed by atoms with E-state index in [9.17, 15) is 14.0 Å². The number of carbonyl (C=O) groups is 3. The summed E-state index contributed by atoms with van der Waals surface area (Å²) in [4.78, 5) is 40.4. The van der Waals surface area contributed by atoms with Gasteiger partial charge in [-0.15, -0.1) is 0 Å². The van der Waals surface area contributed by atoms with Gasteiger partial charge in [-0.2, -0.15) is 4.98 Å². The normalized spacial score (nSPS) is 16.4. The second-order valence-corrected chi connectivity index (χ2v) is 6.16. The van der Waals surface area contributed by atoms with Crippen LogP contribution in [0.1, 0.15) is 24.2 Å². The molecule has 1 N–H and O–H groups in total. The molecule has 2 aromatic rings. The molecule has 1 aliphatic rings. The predicted molar refractivity (Wildman–Crippen MR) is 95.5 cm³/mol. The van der Waals surface area contributed by atoms with Crippen molar-refractivity contribution in [3.8, 4) is 0 Å². The van der Waals surface area contributed by atoms with Crippen LogP contribution in [0.2, 0.25) is 0 Å². The van der Waals surface area contributed by atoms with Gasteiger partial charge >= 0.3 is 0 Å². The van der Waals surface area contributed by atoms with Crippen LogP contribution in [-0.4, -0.2) is 63.0 Å². The number of benzene rings is 1. The van der Waals surface area contributed by atoms with Crippen molar-refractivity contribution in [2.24, 2.45) is 0 Å². The quantitative estimate of drug-likeness (QED) is 0.696. The molecule has 10 nitrogen and oxygen atoms in total. The van der Waals surface area contributed by atoms with E-state index in [0.29, 0.717) is 11.4 Å². The summed E-state index contributed by atoms with van der Waals surface area (Å²) in [6, 6.07) is 5.30. The minimum absolute atomic E-state index is 0.0518. The van der Waals surface area contributed by atoms with Gasteiger partial charge in [0.1, 0.15) is 31.6 Å². The summed E-state index contributed by atoms with van der Waals surface area (Å²) in [5, 5.41) is 10.6. The third-order valence-electron chi connectivity index (χ3n) is 4.13. The van der Waals surface area contributed by atoms with Gasteiger partial charge in [0.15, 0.2) is 5.82 Å². The van der Waals surface area contributed by atoms with Crippen LogP contribution < -0.4 is 0 Å². The van der Waals surface area contributed by atoms with Gasteiger partial charge in [-0.05, 0) is 24.6 Å². The zero-order valence-corrected chi connectivity index (χ0v) is 15.9. The summed E-state index contributed by atoms with van der Waals surface area (Å²) < 4.78 is 23.3. The van der Waals surface area contributed by atoms with Crippen molar-refractivity contribution < 1.29 is 33.1 Å². The number of nitrogens with zero attached hydrogens (tertiary/aromatic N) is 4. The van der Waals surface area contributed by atoms with E-state index in [0.717, 1.165) is 0 Å². The molecule has 0 saturated carbocycles. The first-order valence-corrected chi connectivity index (χ1v) is 8.60. The molecule has 2 amide bonds. The Hall–Kier alpha value is -3.34. The third kappa shape index (κ3) is 5.82. The summed E-state index contributed by atoms with van der Waals surface area (Å²) >= 11 is 0. The standard InChI is InChI=1S/C17H19FN4O4.CH2O2/c1-11-17(24)21(7-12-4-3-5-13(18)6-12)9-16(23)22(11)8-15-19-14(10-25-2)20-26-15;2-1-3/h3-6,11H,7-10H2,1-2H3;1H,(H,2,3)/t11-;/m0./s1. The van der Waals surface area contributed by atoms with Gasteiger partial charge in [-0.1, -0.05) is 17.3 Å². The van der Waals surface area contributed by atoms with Crippen molar-refractivity contribution in [2.45, 2.75) is 32.7 Å². The Morgan fingerprint density at radius 2 is 2.10 bits per heavy atom. The highest BCUT2D eigenvalue weighted by molar-refractivity contribution is 5.94. The van der Waals surface area contributed by atoms with Gasteiger partial charge in [0.05, 0.1) is 0 Å². The van der Waals surface area contributed by atoms with Crippen LogP contribution in [0.5, 0.6) is 0 Å². The number of aromatic nitrogens is 2. The first kappa shape index (κ1) is 22.0. The van der Waals surface area contributed by atoms with E-state index < -0.39 is 6.04 Å². The number of hydrogen-bond acceptors (Lipinski definition) is 7. The largest absolute Gasteiger partial charge is 0.483 e. The third-order valence-corrected chi connectivity index (χ3v) is 4.13. The van der Waals surface area contributed by atoms with Crippen LogP contribution in [0.3, 0.4) is 0 Å². The summed E-state index contributed by atoms with van der Waals surface area (Å²) in [5.74, 6) is -0.219. The topological polar surface area (TPSA) is 126 Å². The number of amides is 2. The van der Waals surface area contributed by atoms with Crippen LogP contribution in [0, 0.1) is 5.82 Å². The lowest BCUT2D eigenvalue weighted by molar-refractivity contribution is -0.156. The van der Waals surface area contributed by atoms with Crippen LogP contribution in [0.25, 0.3) is 0 Å². The van der Waals surface area contributed by atoms with Crippen molar-refractivity contribution in [3.63, 3.8) is 0 Å². The first-order chi connectivity index (χ1) is 13.9. The fourth-order valence-electron chi connectivity index (χ4n) is 2.85. The summed E-state index contributed by atoms with van der Waals surface area (Å²) in [6.45, 7) is 1.74. The van der Waals surface area contributed by atoms with Crippen LogP contribution in [-0.2, 0) is 38.8 Å². The number of methoxy groups -OCH3 is 1. The van der Waals surface area contributed by atoms with E-state index in [4.69, 9.17) is 19.2 Å². The fourth-order valence-corrected chi connectivity index (χ4v) is 2.85. The summed E-state index contributed by atoms with van der Waals surface area (Å²) in [6.07, 6.45) is 0. The molecule has 11 heteroatoms. The molecule has 2 heterocycles. The fraction of sp³-hybridized carbons (Fsp3) is 0.389. The van der Waals surface area contributed by atoms with Gasteiger partial charge in [0.25, 0.3) is 6.47 Å². The molecule has 29 heavy (non-hydrogen) atoms. The van der Waals surface area contributed by atoms with E-state index in [2.05, 4.69) is 10.1 Å². The highest BCUT2D eigenvalue weighted by Crippen LogP contribution is 2.18. The Morgan fingerprint density at radius 3 is 2.76 bits per heavy atom. The van der Waals surface area contributed by atoms with Crippen LogP contribution in [0.15, 0.2) is 28.8 Å². The molecule has 1 saturated heterocycles. The molecule has 0 radical (unpaired) electrons. The first-order valence-electron chi connectivity index (χ1n) is 8.60. The minimum Gasteiger partial charge on any atom is -0.483 e. The van der Waals surface area contributed by atoms with Gasteiger partial charge in [-0.25, -0.2) is 4.39 Å². The van der Waals surface area contributed by atoms with E-state index in [1.54, 1.807) is 19.1 Å². The van der Waals surface area contributed by atoms with Crippen molar-refractivity contribution in [2.75, 3.05) is 13.7 Å². The zero-order chi connectivity index (χ0) is 21.4. The molecule has 1 atom stereocenters. The Balaban J connectivity index is 0.000000941. The number of carbonyl (C=O) groups excluding carboxylic acids is 2. The maximum atomic E-state index is 13.3. The summed E-state index contributed by atoms with van der Waals surface area (Å²) in [5.41, 5.74) is 0.632. The van der Waals surface area contributed by atoms with E-state index in [1.807, 2.05) is 0 Å². The number of halogens is 1. The molecule has 0 unspecified atom stereocenters. The maximum absolute atomic E-state index is 13.3. The van der Waals surface area contributed by atoms with Crippen LogP contribution in [0.4, 0.5) is 4.39 Å². The number of hydrogen-bond donors (Lipinski definition) is 1. The monoisotopic (exact) mass is 408 g/mol. The molecular weight excluding hydrogens is 387 g/mol. The number of carboxylic acid groups (broad SMARTS) is 1. The molecule has 1 aromatic carbocycles. The average Bonchev–Trinajstić information content (AvgIpc) is 3.11. The van der Waals surface area contributed by atoms with Gasteiger partial charge in [-0.3, -0.25) is 14.4 Å². The minimum atomic E-state index is -0.678. The molecular formula is C18H21FN4O6. The Labute approximate surface area is 165 Å². The second kappa shape index (κ2) is 10.3. The molecule has 156 valence electrons. The molecule has 3 rings (SSSR count). The highest BCUT2D eigenvalue weighted by atomic mass is 19.1. The van der Waals surface area contributed by atoms with E-state index in [-0.39, 0.29) is 56.2 Å². The molecule has 0 spiro atoms. The van der Waals surface area contributed by atoms with E-state index >= 15 is 0 Å². The molecule has 1 fully saturated rings. The lowest BCUT2D eigenvalue weighted by atomic mass is 10.1. The lowest BCUT2D eigenvalue weighted by Gasteiger charge is -2.38. The average molecular weight is 408 g/mol.